The van der Waals surface area contributed by atoms with Crippen molar-refractivity contribution in [2.45, 2.75) is 26.6 Å². The Kier molecular flexibility index (Phi) is 7.52. The highest BCUT2D eigenvalue weighted by Gasteiger charge is 2.34. The van der Waals surface area contributed by atoms with Crippen molar-refractivity contribution in [3.05, 3.63) is 71.2 Å². The lowest BCUT2D eigenvalue weighted by Crippen LogP contribution is -2.44. The van der Waals surface area contributed by atoms with Gasteiger partial charge in [0.1, 0.15) is 0 Å². The van der Waals surface area contributed by atoms with Crippen molar-refractivity contribution in [1.29, 1.82) is 0 Å². The number of rotatable bonds is 5. The first-order valence-corrected chi connectivity index (χ1v) is 13.1. The molecule has 210 valence electrons. The zero-order valence-electron chi connectivity index (χ0n) is 22.9. The molecule has 0 radical (unpaired) electrons. The Balaban J connectivity index is 1.32. The maximum Gasteiger partial charge on any atom is 0.416 e. The lowest BCUT2D eigenvalue weighted by Gasteiger charge is -2.33. The molecule has 40 heavy (non-hydrogen) atoms. The van der Waals surface area contributed by atoms with E-state index < -0.39 is 17.8 Å². The minimum Gasteiger partial charge on any atom is -0.313 e. The lowest BCUT2D eigenvalue weighted by atomic mass is 10.0. The fourth-order valence-electron chi connectivity index (χ4n) is 5.12. The number of aromatic nitrogens is 3. The third-order valence-corrected chi connectivity index (χ3v) is 7.29. The van der Waals surface area contributed by atoms with Crippen LogP contribution >= 0.6 is 0 Å². The smallest absolute Gasteiger partial charge is 0.313 e. The van der Waals surface area contributed by atoms with Crippen LogP contribution in [0.2, 0.25) is 0 Å². The molecule has 0 aliphatic carbocycles. The monoisotopic (exact) mass is 551 g/mol. The van der Waals surface area contributed by atoms with Crippen LogP contribution in [-0.4, -0.2) is 63.6 Å². The molecule has 4 aromatic rings. The number of nitrogens with zero attached hydrogens (tertiary/aromatic N) is 5. The summed E-state index contributed by atoms with van der Waals surface area (Å²) in [6.07, 6.45) is -2.73. The first-order valence-electron chi connectivity index (χ1n) is 13.1. The number of hydrogen-bond donors (Lipinski definition) is 2. The summed E-state index contributed by atoms with van der Waals surface area (Å²) in [6.45, 7) is 7.02. The van der Waals surface area contributed by atoms with E-state index in [1.165, 1.54) is 12.1 Å². The molecule has 1 saturated heterocycles. The van der Waals surface area contributed by atoms with E-state index in [4.69, 9.17) is 0 Å². The molecule has 3 heterocycles. The molecule has 1 aliphatic heterocycles. The van der Waals surface area contributed by atoms with Crippen LogP contribution < -0.4 is 10.6 Å². The normalized spacial score (nSPS) is 15.0. The van der Waals surface area contributed by atoms with Crippen LogP contribution in [0.3, 0.4) is 0 Å². The van der Waals surface area contributed by atoms with Gasteiger partial charge in [0.25, 0.3) is 0 Å². The van der Waals surface area contributed by atoms with E-state index in [-0.39, 0.29) is 23.7 Å². The van der Waals surface area contributed by atoms with Crippen LogP contribution in [0.25, 0.3) is 22.0 Å². The van der Waals surface area contributed by atoms with Gasteiger partial charge in [-0.2, -0.15) is 13.2 Å². The number of imidazole rings is 1. The summed E-state index contributed by atoms with van der Waals surface area (Å²) < 4.78 is 43.6. The SMILES string of the molecule is Cc1cc2ccc(-c3c(C)nc(NC(=O)Nc4ccc(CN5CCN(C)CC5)c(C(F)(F)F)c4)n3C)cc2cn1. The molecule has 2 amide bonds. The van der Waals surface area contributed by atoms with Gasteiger partial charge in [0, 0.05) is 68.3 Å². The van der Waals surface area contributed by atoms with E-state index in [1.54, 1.807) is 11.6 Å². The van der Waals surface area contributed by atoms with Crippen molar-refractivity contribution in [2.75, 3.05) is 43.9 Å². The summed E-state index contributed by atoms with van der Waals surface area (Å²) in [7, 11) is 3.77. The molecule has 0 spiro atoms. The standard InChI is InChI=1S/C29H32F3N7O/c1-18-13-20-5-6-21(14-23(20)16-33-18)26-19(2)34-27(38(26)4)36-28(40)35-24-8-7-22(25(15-24)29(30,31)32)17-39-11-9-37(3)10-12-39/h5-8,13-16H,9-12,17H2,1-4H3,(H2,34,35,36,40). The second-order valence-corrected chi connectivity index (χ2v) is 10.3. The highest BCUT2D eigenvalue weighted by atomic mass is 19.4. The second kappa shape index (κ2) is 10.9. The quantitative estimate of drug-likeness (QED) is 0.335. The Labute approximate surface area is 230 Å². The molecule has 2 aromatic carbocycles. The molecule has 8 nitrogen and oxygen atoms in total. The average molecular weight is 552 g/mol. The van der Waals surface area contributed by atoms with Gasteiger partial charge in [-0.15, -0.1) is 0 Å². The van der Waals surface area contributed by atoms with E-state index >= 15 is 0 Å². The Hall–Kier alpha value is -3.96. The Morgan fingerprint density at radius 1 is 0.950 bits per heavy atom. The van der Waals surface area contributed by atoms with Gasteiger partial charge in [-0.25, -0.2) is 9.78 Å². The number of alkyl halides is 3. The molecule has 0 unspecified atom stereocenters. The third-order valence-electron chi connectivity index (χ3n) is 7.29. The topological polar surface area (TPSA) is 78.3 Å². The number of carbonyl (C=O) groups excluding carboxylic acids is 1. The number of halogens is 3. The van der Waals surface area contributed by atoms with E-state index in [1.807, 2.05) is 56.3 Å². The fourth-order valence-corrected chi connectivity index (χ4v) is 5.12. The minimum atomic E-state index is -4.55. The average Bonchev–Trinajstić information content (AvgIpc) is 3.17. The number of anilines is 2. The number of hydrogen-bond acceptors (Lipinski definition) is 5. The van der Waals surface area contributed by atoms with Crippen molar-refractivity contribution < 1.29 is 18.0 Å². The van der Waals surface area contributed by atoms with Gasteiger partial charge in [0.05, 0.1) is 17.0 Å². The lowest BCUT2D eigenvalue weighted by molar-refractivity contribution is -0.138. The van der Waals surface area contributed by atoms with Crippen molar-refractivity contribution in [3.63, 3.8) is 0 Å². The molecule has 0 saturated carbocycles. The predicted octanol–water partition coefficient (Wildman–Crippen LogP) is 5.66. The highest BCUT2D eigenvalue weighted by Crippen LogP contribution is 2.35. The summed E-state index contributed by atoms with van der Waals surface area (Å²) in [5.41, 5.74) is 2.84. The summed E-state index contributed by atoms with van der Waals surface area (Å²) in [5.74, 6) is 0.273. The van der Waals surface area contributed by atoms with E-state index in [2.05, 4.69) is 25.5 Å². The second-order valence-electron chi connectivity index (χ2n) is 10.3. The number of benzene rings is 2. The zero-order valence-corrected chi connectivity index (χ0v) is 22.9. The number of pyridine rings is 1. The summed E-state index contributed by atoms with van der Waals surface area (Å²) in [5, 5.41) is 7.26. The van der Waals surface area contributed by atoms with E-state index in [9.17, 15) is 18.0 Å². The van der Waals surface area contributed by atoms with Crippen molar-refractivity contribution in [1.82, 2.24) is 24.3 Å². The van der Waals surface area contributed by atoms with Gasteiger partial charge in [-0.3, -0.25) is 15.2 Å². The maximum atomic E-state index is 13.9. The highest BCUT2D eigenvalue weighted by molar-refractivity contribution is 5.99. The number of aryl methyl sites for hydroxylation is 2. The van der Waals surface area contributed by atoms with E-state index in [0.717, 1.165) is 46.9 Å². The van der Waals surface area contributed by atoms with Gasteiger partial charge < -0.3 is 14.8 Å². The molecular formula is C29H32F3N7O. The van der Waals surface area contributed by atoms with Crippen molar-refractivity contribution in [3.8, 4) is 11.3 Å². The van der Waals surface area contributed by atoms with Gasteiger partial charge in [0.15, 0.2) is 0 Å². The van der Waals surface area contributed by atoms with Crippen LogP contribution in [-0.2, 0) is 19.8 Å². The zero-order chi connectivity index (χ0) is 28.6. The van der Waals surface area contributed by atoms with Crippen LogP contribution in [0.5, 0.6) is 0 Å². The first-order chi connectivity index (χ1) is 19.0. The predicted molar refractivity (Wildman–Crippen MR) is 150 cm³/mol. The van der Waals surface area contributed by atoms with Crippen LogP contribution in [0, 0.1) is 13.8 Å². The minimum absolute atomic E-state index is 0.0513. The van der Waals surface area contributed by atoms with Crippen LogP contribution in [0.15, 0.2) is 48.7 Å². The maximum absolute atomic E-state index is 13.9. The Morgan fingerprint density at radius 3 is 2.42 bits per heavy atom. The molecule has 1 fully saturated rings. The number of carbonyl (C=O) groups is 1. The number of likely N-dealkylation sites (N-methyl/N-ethyl adjacent to an activating group) is 1. The van der Waals surface area contributed by atoms with Crippen LogP contribution in [0.4, 0.5) is 29.6 Å². The number of fused-ring (bicyclic) bond motifs is 1. The van der Waals surface area contributed by atoms with Crippen LogP contribution in [0.1, 0.15) is 22.5 Å². The van der Waals surface area contributed by atoms with Gasteiger partial charge in [0.2, 0.25) is 5.95 Å². The molecule has 11 heteroatoms. The molecule has 1 aliphatic rings. The van der Waals surface area contributed by atoms with Gasteiger partial charge in [-0.05, 0) is 56.1 Å². The number of nitrogens with one attached hydrogen (secondary N) is 2. The summed E-state index contributed by atoms with van der Waals surface area (Å²) in [6, 6.07) is 11.3. The van der Waals surface area contributed by atoms with Crippen molar-refractivity contribution >= 4 is 28.4 Å². The molecule has 0 atom stereocenters. The van der Waals surface area contributed by atoms with Gasteiger partial charge in [-0.1, -0.05) is 18.2 Å². The largest absolute Gasteiger partial charge is 0.416 e. The first kappa shape index (κ1) is 27.6. The molecule has 0 bridgehead atoms. The molecule has 2 aromatic heterocycles. The number of amides is 2. The summed E-state index contributed by atoms with van der Waals surface area (Å²) >= 11 is 0. The number of urea groups is 1. The van der Waals surface area contributed by atoms with E-state index in [0.29, 0.717) is 18.8 Å². The molecule has 5 rings (SSSR count). The number of piperazine rings is 1. The summed E-state index contributed by atoms with van der Waals surface area (Å²) in [4.78, 5) is 25.8. The molecular weight excluding hydrogens is 519 g/mol. The fraction of sp³-hybridized carbons (Fsp3) is 0.345. The molecule has 2 N–H and O–H groups in total. The Bertz CT molecular complexity index is 1560. The Morgan fingerprint density at radius 2 is 1.70 bits per heavy atom. The van der Waals surface area contributed by atoms with Gasteiger partial charge >= 0.3 is 12.2 Å². The third kappa shape index (κ3) is 5.95. The van der Waals surface area contributed by atoms with Crippen molar-refractivity contribution in [2.24, 2.45) is 7.05 Å².